The van der Waals surface area contributed by atoms with Crippen LogP contribution < -0.4 is 5.32 Å². The van der Waals surface area contributed by atoms with Crippen molar-refractivity contribution in [3.05, 3.63) is 23.6 Å². The van der Waals surface area contributed by atoms with Crippen molar-refractivity contribution in [3.63, 3.8) is 0 Å². The molecule has 0 unspecified atom stereocenters. The lowest BCUT2D eigenvalue weighted by molar-refractivity contribution is 0.247. The summed E-state index contributed by atoms with van der Waals surface area (Å²) in [5.74, 6) is -0.0409. The summed E-state index contributed by atoms with van der Waals surface area (Å²) in [6.45, 7) is 0. The van der Waals surface area contributed by atoms with E-state index in [0.717, 1.165) is 5.54 Å². The summed E-state index contributed by atoms with van der Waals surface area (Å²) in [6.07, 6.45) is 2.47. The third-order valence-corrected chi connectivity index (χ3v) is 1.31. The van der Waals surface area contributed by atoms with Crippen LogP contribution in [0.4, 0.5) is 0 Å². The molecule has 0 saturated carbocycles. The smallest absolute Gasteiger partial charge is 0.403 e. The molecule has 70 valence electrons. The predicted octanol–water partition coefficient (Wildman–Crippen LogP) is 0.909. The number of halogens is 1. The summed E-state index contributed by atoms with van der Waals surface area (Å²) >= 11 is 5.18. The van der Waals surface area contributed by atoms with Crippen molar-refractivity contribution in [1.29, 1.82) is 0 Å². The van der Waals surface area contributed by atoms with E-state index in [1.165, 1.54) is 12.3 Å². The number of nitrogens with one attached hydrogen (secondary N) is 1. The zero-order valence-corrected chi connectivity index (χ0v) is 7.92. The Bertz CT molecular complexity index is 234. The lowest BCUT2D eigenvalue weighted by Gasteiger charge is -2.06. The molecule has 0 aliphatic carbocycles. The second-order valence-electron chi connectivity index (χ2n) is 1.71. The number of allylic oxidation sites excluding steroid dienone is 1. The van der Waals surface area contributed by atoms with Crippen LogP contribution in [0.5, 0.6) is 0 Å². The lowest BCUT2D eigenvalue weighted by atomic mass is 10.5. The highest BCUT2D eigenvalue weighted by atomic mass is 35.5. The SMILES string of the molecule is CN/C=C(\C=C/Cl)OP(=O)(O)O. The molecule has 0 bridgehead atoms. The predicted molar refractivity (Wildman–Crippen MR) is 45.3 cm³/mol. The van der Waals surface area contributed by atoms with E-state index in [2.05, 4.69) is 9.84 Å². The molecule has 0 fully saturated rings. The molecule has 0 aliphatic heterocycles. The molecular formula is C5H9ClNO4P. The number of rotatable bonds is 4. The van der Waals surface area contributed by atoms with Gasteiger partial charge in [0, 0.05) is 18.8 Å². The Labute approximate surface area is 74.9 Å². The van der Waals surface area contributed by atoms with Gasteiger partial charge in [0.25, 0.3) is 0 Å². The summed E-state index contributed by atoms with van der Waals surface area (Å²) in [5.41, 5.74) is 1.08. The van der Waals surface area contributed by atoms with Crippen LogP contribution in [0.25, 0.3) is 0 Å². The molecule has 0 radical (unpaired) electrons. The fourth-order valence-corrected chi connectivity index (χ4v) is 0.959. The maximum atomic E-state index is 10.3. The fourth-order valence-electron chi connectivity index (χ4n) is 0.447. The van der Waals surface area contributed by atoms with Gasteiger partial charge >= 0.3 is 7.82 Å². The number of hydrogen-bond acceptors (Lipinski definition) is 3. The molecule has 0 aromatic carbocycles. The Morgan fingerprint density at radius 2 is 2.25 bits per heavy atom. The monoisotopic (exact) mass is 213 g/mol. The first-order valence-electron chi connectivity index (χ1n) is 2.89. The quantitative estimate of drug-likeness (QED) is 0.368. The molecule has 0 aliphatic rings. The van der Waals surface area contributed by atoms with E-state index >= 15 is 0 Å². The number of hydrogen-bond donors (Lipinski definition) is 3. The Kier molecular flexibility index (Phi) is 5.01. The van der Waals surface area contributed by atoms with E-state index in [1.54, 1.807) is 7.05 Å². The van der Waals surface area contributed by atoms with E-state index in [1.807, 2.05) is 0 Å². The topological polar surface area (TPSA) is 78.8 Å². The number of phosphoric ester groups is 1. The van der Waals surface area contributed by atoms with Crippen LogP contribution in [0.1, 0.15) is 0 Å². The fraction of sp³-hybridized carbons (Fsp3) is 0.200. The van der Waals surface area contributed by atoms with Crippen LogP contribution >= 0.6 is 19.4 Å². The van der Waals surface area contributed by atoms with Gasteiger partial charge in [-0.25, -0.2) is 4.57 Å². The molecule has 0 aromatic rings. The molecule has 7 heteroatoms. The first kappa shape index (κ1) is 11.5. The normalized spacial score (nSPS) is 13.5. The van der Waals surface area contributed by atoms with Crippen molar-refractivity contribution in [3.8, 4) is 0 Å². The van der Waals surface area contributed by atoms with E-state index in [4.69, 9.17) is 21.4 Å². The zero-order chi connectivity index (χ0) is 9.61. The van der Waals surface area contributed by atoms with Gasteiger partial charge in [-0.1, -0.05) is 11.6 Å². The summed E-state index contributed by atoms with van der Waals surface area (Å²) < 4.78 is 14.5. The van der Waals surface area contributed by atoms with Crippen LogP contribution in [-0.2, 0) is 9.09 Å². The van der Waals surface area contributed by atoms with Gasteiger partial charge in [-0.2, -0.15) is 0 Å². The molecule has 0 heterocycles. The standard InChI is InChI=1S/C5H9ClNO4P/c1-7-4-5(2-3-6)11-12(8,9)10/h2-4,7H,1H3,(H2,8,9,10)/b3-2-,5-4+. The lowest BCUT2D eigenvalue weighted by Crippen LogP contribution is -1.97. The minimum absolute atomic E-state index is 0.0409. The van der Waals surface area contributed by atoms with E-state index in [-0.39, 0.29) is 5.76 Å². The summed E-state index contributed by atoms with van der Waals surface area (Å²) in [7, 11) is -2.94. The highest BCUT2D eigenvalue weighted by Gasteiger charge is 2.15. The van der Waals surface area contributed by atoms with Gasteiger partial charge in [-0.15, -0.1) is 0 Å². The summed E-state index contributed by atoms with van der Waals surface area (Å²) in [5, 5.41) is 2.53. The second kappa shape index (κ2) is 5.22. The van der Waals surface area contributed by atoms with E-state index in [0.29, 0.717) is 0 Å². The van der Waals surface area contributed by atoms with Gasteiger partial charge in [0.1, 0.15) is 5.76 Å². The highest BCUT2D eigenvalue weighted by Crippen LogP contribution is 2.38. The van der Waals surface area contributed by atoms with Crippen LogP contribution in [0.15, 0.2) is 23.6 Å². The molecule has 3 N–H and O–H groups in total. The molecule has 5 nitrogen and oxygen atoms in total. The maximum Gasteiger partial charge on any atom is 0.524 e. The first-order valence-corrected chi connectivity index (χ1v) is 4.85. The third-order valence-electron chi connectivity index (χ3n) is 0.738. The van der Waals surface area contributed by atoms with Crippen molar-refractivity contribution < 1.29 is 18.9 Å². The Hall–Kier alpha value is -0.480. The van der Waals surface area contributed by atoms with Gasteiger partial charge in [-0.05, 0) is 6.08 Å². The van der Waals surface area contributed by atoms with E-state index in [9.17, 15) is 4.57 Å². The largest absolute Gasteiger partial charge is 0.524 e. The Morgan fingerprint density at radius 1 is 1.67 bits per heavy atom. The van der Waals surface area contributed by atoms with Crippen molar-refractivity contribution in [1.82, 2.24) is 5.32 Å². The minimum Gasteiger partial charge on any atom is -0.403 e. The average Bonchev–Trinajstić information content (AvgIpc) is 1.84. The maximum absolute atomic E-state index is 10.3. The third kappa shape index (κ3) is 6.24. The molecule has 0 aromatic heterocycles. The molecular weight excluding hydrogens is 204 g/mol. The minimum atomic E-state index is -4.50. The van der Waals surface area contributed by atoms with Gasteiger partial charge in [0.15, 0.2) is 0 Å². The van der Waals surface area contributed by atoms with E-state index < -0.39 is 7.82 Å². The first-order chi connectivity index (χ1) is 5.49. The van der Waals surface area contributed by atoms with Crippen LogP contribution in [0, 0.1) is 0 Å². The van der Waals surface area contributed by atoms with Crippen molar-refractivity contribution in [2.24, 2.45) is 0 Å². The molecule has 0 atom stereocenters. The zero-order valence-electron chi connectivity index (χ0n) is 6.27. The summed E-state index contributed by atoms with van der Waals surface area (Å²) in [6, 6.07) is 0. The Balaban J connectivity index is 4.35. The molecule has 0 rings (SSSR count). The van der Waals surface area contributed by atoms with Crippen molar-refractivity contribution >= 4 is 19.4 Å². The molecule has 0 amide bonds. The Morgan fingerprint density at radius 3 is 2.58 bits per heavy atom. The van der Waals surface area contributed by atoms with Gasteiger partial charge in [0.05, 0.1) is 0 Å². The van der Waals surface area contributed by atoms with Crippen LogP contribution in [0.2, 0.25) is 0 Å². The second-order valence-corrected chi connectivity index (χ2v) is 3.13. The van der Waals surface area contributed by atoms with Gasteiger partial charge < -0.3 is 9.84 Å². The van der Waals surface area contributed by atoms with Crippen LogP contribution in [-0.4, -0.2) is 16.8 Å². The van der Waals surface area contributed by atoms with Crippen molar-refractivity contribution in [2.75, 3.05) is 7.05 Å². The molecule has 0 spiro atoms. The average molecular weight is 214 g/mol. The number of phosphoric acid groups is 1. The van der Waals surface area contributed by atoms with Gasteiger partial charge in [-0.3, -0.25) is 9.79 Å². The highest BCUT2D eigenvalue weighted by molar-refractivity contribution is 7.46. The molecule has 0 saturated heterocycles. The van der Waals surface area contributed by atoms with Crippen LogP contribution in [0.3, 0.4) is 0 Å². The molecule has 12 heavy (non-hydrogen) atoms. The summed E-state index contributed by atoms with van der Waals surface area (Å²) in [4.78, 5) is 16.8. The van der Waals surface area contributed by atoms with Crippen molar-refractivity contribution in [2.45, 2.75) is 0 Å². The van der Waals surface area contributed by atoms with Gasteiger partial charge in [0.2, 0.25) is 0 Å².